The molecule has 2 aromatic carbocycles. The summed E-state index contributed by atoms with van der Waals surface area (Å²) in [5.41, 5.74) is 2.35. The number of hydrogen-bond donors (Lipinski definition) is 2. The van der Waals surface area contributed by atoms with Crippen LogP contribution in [0, 0.1) is 0 Å². The van der Waals surface area contributed by atoms with Gasteiger partial charge in [-0.2, -0.15) is 0 Å². The van der Waals surface area contributed by atoms with Crippen LogP contribution >= 0.6 is 12.2 Å². The monoisotopic (exact) mass is 468 g/mol. The van der Waals surface area contributed by atoms with E-state index >= 15 is 0 Å². The van der Waals surface area contributed by atoms with Crippen LogP contribution in [0.5, 0.6) is 11.5 Å². The van der Waals surface area contributed by atoms with Crippen molar-refractivity contribution in [2.24, 2.45) is 0 Å². The molecule has 176 valence electrons. The molecule has 3 rings (SSSR count). The molecule has 7 nitrogen and oxygen atoms in total. The molecule has 2 N–H and O–H groups in total. The minimum absolute atomic E-state index is 0.141. The molecule has 0 amide bonds. The molecule has 1 heterocycles. The topological polar surface area (TPSA) is 69.8 Å². The Labute approximate surface area is 200 Å². The number of thiocarbonyl (C=S) groups is 1. The largest absolute Gasteiger partial charge is 0.493 e. The SMILES string of the molecule is COc1cc2cc(CN(CCCN(C)C)C(=S)NCc3ccccc3)c(=O)[nH]c2cc1OC. The van der Waals surface area contributed by atoms with E-state index in [4.69, 9.17) is 21.7 Å². The van der Waals surface area contributed by atoms with E-state index in [1.807, 2.05) is 44.4 Å². The lowest BCUT2D eigenvalue weighted by Gasteiger charge is -2.26. The quantitative estimate of drug-likeness (QED) is 0.442. The molecule has 3 aromatic rings. The van der Waals surface area contributed by atoms with Gasteiger partial charge in [-0.25, -0.2) is 0 Å². The number of aromatic amines is 1. The number of rotatable bonds is 10. The van der Waals surface area contributed by atoms with Crippen LogP contribution in [0.3, 0.4) is 0 Å². The number of nitrogens with zero attached hydrogens (tertiary/aromatic N) is 2. The Kier molecular flexibility index (Phi) is 8.68. The summed E-state index contributed by atoms with van der Waals surface area (Å²) in [7, 11) is 7.27. The van der Waals surface area contributed by atoms with Gasteiger partial charge < -0.3 is 29.6 Å². The summed E-state index contributed by atoms with van der Waals surface area (Å²) in [5.74, 6) is 1.19. The fourth-order valence-corrected chi connectivity index (χ4v) is 3.84. The number of fused-ring (bicyclic) bond motifs is 1. The highest BCUT2D eigenvalue weighted by atomic mass is 32.1. The van der Waals surface area contributed by atoms with Gasteiger partial charge in [0.05, 0.1) is 26.3 Å². The van der Waals surface area contributed by atoms with E-state index in [-0.39, 0.29) is 5.56 Å². The number of methoxy groups -OCH3 is 2. The lowest BCUT2D eigenvalue weighted by molar-refractivity contribution is 0.340. The summed E-state index contributed by atoms with van der Waals surface area (Å²) < 4.78 is 10.8. The Morgan fingerprint density at radius 3 is 2.39 bits per heavy atom. The van der Waals surface area contributed by atoms with Gasteiger partial charge in [-0.05, 0) is 57.0 Å². The third-order valence-corrected chi connectivity index (χ3v) is 5.80. The zero-order valence-corrected chi connectivity index (χ0v) is 20.5. The van der Waals surface area contributed by atoms with Crippen molar-refractivity contribution >= 4 is 28.2 Å². The molecule has 0 unspecified atom stereocenters. The first-order valence-electron chi connectivity index (χ1n) is 10.9. The van der Waals surface area contributed by atoms with Crippen molar-refractivity contribution in [1.29, 1.82) is 0 Å². The highest BCUT2D eigenvalue weighted by Crippen LogP contribution is 2.31. The average Bonchev–Trinajstić information content (AvgIpc) is 2.81. The first kappa shape index (κ1) is 24.5. The summed E-state index contributed by atoms with van der Waals surface area (Å²) in [5, 5.41) is 4.85. The predicted molar refractivity (Wildman–Crippen MR) is 137 cm³/mol. The number of benzene rings is 2. The zero-order chi connectivity index (χ0) is 23.8. The van der Waals surface area contributed by atoms with Gasteiger partial charge in [-0.1, -0.05) is 30.3 Å². The predicted octanol–water partition coefficient (Wildman–Crippen LogP) is 3.37. The Morgan fingerprint density at radius 1 is 1.03 bits per heavy atom. The van der Waals surface area contributed by atoms with Gasteiger partial charge in [0.15, 0.2) is 16.6 Å². The molecule has 0 bridgehead atoms. The van der Waals surface area contributed by atoms with Gasteiger partial charge in [-0.15, -0.1) is 0 Å². The Bertz CT molecular complexity index is 1130. The Morgan fingerprint density at radius 2 is 1.73 bits per heavy atom. The molecular formula is C25H32N4O3S. The molecule has 0 radical (unpaired) electrons. The maximum Gasteiger partial charge on any atom is 0.253 e. The van der Waals surface area contributed by atoms with Gasteiger partial charge in [0.2, 0.25) is 0 Å². The second-order valence-electron chi connectivity index (χ2n) is 8.14. The number of pyridine rings is 1. The number of nitrogens with one attached hydrogen (secondary N) is 2. The maximum absolute atomic E-state index is 12.9. The molecule has 0 fully saturated rings. The van der Waals surface area contributed by atoms with Crippen molar-refractivity contribution in [2.45, 2.75) is 19.5 Å². The van der Waals surface area contributed by atoms with E-state index < -0.39 is 0 Å². The van der Waals surface area contributed by atoms with Crippen LogP contribution in [0.4, 0.5) is 0 Å². The highest BCUT2D eigenvalue weighted by molar-refractivity contribution is 7.80. The van der Waals surface area contributed by atoms with Gasteiger partial charge in [0, 0.05) is 30.1 Å². The molecule has 0 saturated carbocycles. The number of hydrogen-bond acceptors (Lipinski definition) is 5. The Balaban J connectivity index is 1.83. The van der Waals surface area contributed by atoms with Crippen LogP contribution in [0.1, 0.15) is 17.5 Å². The molecule has 33 heavy (non-hydrogen) atoms. The molecule has 0 aliphatic carbocycles. The van der Waals surface area contributed by atoms with Crippen LogP contribution in [0.15, 0.2) is 53.3 Å². The first-order chi connectivity index (χ1) is 15.9. The summed E-state index contributed by atoms with van der Waals surface area (Å²) in [6.45, 7) is 2.72. The number of H-pyrrole nitrogens is 1. The van der Waals surface area contributed by atoms with E-state index in [9.17, 15) is 4.79 Å². The summed E-state index contributed by atoms with van der Waals surface area (Å²) in [6, 6.07) is 15.7. The third-order valence-electron chi connectivity index (χ3n) is 5.39. The van der Waals surface area contributed by atoms with Gasteiger partial charge in [0.25, 0.3) is 5.56 Å². The van der Waals surface area contributed by atoms with Crippen molar-refractivity contribution in [1.82, 2.24) is 20.1 Å². The standard InChI is InChI=1S/C25H32N4O3S/c1-28(2)11-8-12-29(25(33)26-16-18-9-6-5-7-10-18)17-20-13-19-14-22(31-3)23(32-4)15-21(19)27-24(20)30/h5-7,9-10,13-15H,8,11-12,16-17H2,1-4H3,(H,26,33)(H,27,30). The minimum Gasteiger partial charge on any atom is -0.493 e. The summed E-state index contributed by atoms with van der Waals surface area (Å²) >= 11 is 5.72. The third kappa shape index (κ3) is 6.69. The average molecular weight is 469 g/mol. The molecule has 0 spiro atoms. The van der Waals surface area contributed by atoms with Crippen LogP contribution in [-0.2, 0) is 13.1 Å². The number of aromatic nitrogens is 1. The lowest BCUT2D eigenvalue weighted by atomic mass is 10.1. The minimum atomic E-state index is -0.141. The van der Waals surface area contributed by atoms with E-state index in [0.717, 1.165) is 30.5 Å². The van der Waals surface area contributed by atoms with Crippen molar-refractivity contribution in [3.05, 3.63) is 70.0 Å². The molecule has 0 aliphatic heterocycles. The van der Waals surface area contributed by atoms with E-state index in [1.165, 1.54) is 0 Å². The van der Waals surface area contributed by atoms with Crippen molar-refractivity contribution in [2.75, 3.05) is 41.4 Å². The smallest absolute Gasteiger partial charge is 0.253 e. The summed E-state index contributed by atoms with van der Waals surface area (Å²) in [6.07, 6.45) is 0.927. The van der Waals surface area contributed by atoms with Gasteiger partial charge in [-0.3, -0.25) is 4.79 Å². The molecule has 0 saturated heterocycles. The summed E-state index contributed by atoms with van der Waals surface area (Å²) in [4.78, 5) is 20.0. The normalized spacial score (nSPS) is 10.9. The van der Waals surface area contributed by atoms with Crippen molar-refractivity contribution in [3.63, 3.8) is 0 Å². The maximum atomic E-state index is 12.9. The van der Waals surface area contributed by atoms with Crippen molar-refractivity contribution in [3.8, 4) is 11.5 Å². The zero-order valence-electron chi connectivity index (χ0n) is 19.7. The van der Waals surface area contributed by atoms with Crippen LogP contribution in [0.25, 0.3) is 10.9 Å². The van der Waals surface area contributed by atoms with E-state index in [0.29, 0.717) is 40.8 Å². The second kappa shape index (κ2) is 11.7. The molecule has 0 aliphatic rings. The fraction of sp³-hybridized carbons (Fsp3) is 0.360. The van der Waals surface area contributed by atoms with Crippen LogP contribution in [0.2, 0.25) is 0 Å². The van der Waals surface area contributed by atoms with Gasteiger partial charge in [0.1, 0.15) is 0 Å². The molecule has 1 aromatic heterocycles. The lowest BCUT2D eigenvalue weighted by Crippen LogP contribution is -2.41. The highest BCUT2D eigenvalue weighted by Gasteiger charge is 2.15. The van der Waals surface area contributed by atoms with Crippen molar-refractivity contribution < 1.29 is 9.47 Å². The number of ether oxygens (including phenoxy) is 2. The van der Waals surface area contributed by atoms with E-state index in [2.05, 4.69) is 32.2 Å². The van der Waals surface area contributed by atoms with Gasteiger partial charge >= 0.3 is 0 Å². The van der Waals surface area contributed by atoms with Crippen LogP contribution < -0.4 is 20.3 Å². The molecule has 0 atom stereocenters. The molecule has 8 heteroatoms. The fourth-order valence-electron chi connectivity index (χ4n) is 3.62. The second-order valence-corrected chi connectivity index (χ2v) is 8.53. The first-order valence-corrected chi connectivity index (χ1v) is 11.3. The van der Waals surface area contributed by atoms with E-state index in [1.54, 1.807) is 20.3 Å². The Hall–Kier alpha value is -3.10. The van der Waals surface area contributed by atoms with Crippen LogP contribution in [-0.4, -0.2) is 61.3 Å². The molecular weight excluding hydrogens is 436 g/mol.